The summed E-state index contributed by atoms with van der Waals surface area (Å²) in [4.78, 5) is 45.9. The lowest BCUT2D eigenvalue weighted by atomic mass is 9.98. The lowest BCUT2D eigenvalue weighted by molar-refractivity contribution is -0.129. The highest BCUT2D eigenvalue weighted by Gasteiger charge is 2.27. The average Bonchev–Trinajstić information content (AvgIpc) is 3.36. The molecule has 2 heterocycles. The molecule has 2 aromatic rings. The Kier molecular flexibility index (Phi) is 12.7. The summed E-state index contributed by atoms with van der Waals surface area (Å²) in [6.45, 7) is 17.9. The molecule has 0 saturated carbocycles. The van der Waals surface area contributed by atoms with E-state index in [1.54, 1.807) is 11.3 Å². The van der Waals surface area contributed by atoms with E-state index < -0.39 is 6.04 Å². The maximum Gasteiger partial charge on any atom is 0.247 e. The van der Waals surface area contributed by atoms with Crippen LogP contribution in [0.1, 0.15) is 70.4 Å². The van der Waals surface area contributed by atoms with Crippen LogP contribution in [0, 0.1) is 5.92 Å². The van der Waals surface area contributed by atoms with Gasteiger partial charge in [0.25, 0.3) is 0 Å². The van der Waals surface area contributed by atoms with Crippen LogP contribution in [0.25, 0.3) is 10.2 Å². The summed E-state index contributed by atoms with van der Waals surface area (Å²) in [6, 6.07) is 5.19. The number of benzene rings is 1. The van der Waals surface area contributed by atoms with E-state index in [0.717, 1.165) is 34.7 Å². The normalized spacial score (nSPS) is 16.2. The Hall–Kier alpha value is -2.82. The van der Waals surface area contributed by atoms with Crippen LogP contribution in [-0.4, -0.2) is 79.1 Å². The number of ether oxygens (including phenoxy) is 1. The molecule has 3 rings (SSSR count). The molecule has 226 valence electrons. The van der Waals surface area contributed by atoms with E-state index in [0.29, 0.717) is 50.5 Å². The molecule has 0 unspecified atom stereocenters. The van der Waals surface area contributed by atoms with Gasteiger partial charge in [0.1, 0.15) is 6.04 Å². The zero-order valence-electron chi connectivity index (χ0n) is 25.3. The Bertz CT molecular complexity index is 1190. The van der Waals surface area contributed by atoms with Crippen molar-refractivity contribution >= 4 is 39.3 Å². The standard InChI is InChI=1S/C31H47N5O4S/c1-7-9-28(37)33-25(17-29-34-24-11-10-23(20(3)4)16-27(24)41-29)31(39)35-26(21(5)8-2)18-32-30(38)22(6)19-36-12-14-40-15-13-36/h10-11,16,20-21,25-26H,6-9,12-15,17-19H2,1-5H3,(H,32,38)(H,33,37)(H,35,39)/t21-,25-,26+/m0/s1. The van der Waals surface area contributed by atoms with E-state index in [1.807, 2.05) is 19.9 Å². The van der Waals surface area contributed by atoms with Gasteiger partial charge in [0.15, 0.2) is 0 Å². The minimum Gasteiger partial charge on any atom is -0.379 e. The fourth-order valence-electron chi connectivity index (χ4n) is 4.70. The van der Waals surface area contributed by atoms with Crippen LogP contribution in [0.15, 0.2) is 30.4 Å². The molecule has 3 atom stereocenters. The summed E-state index contributed by atoms with van der Waals surface area (Å²) >= 11 is 1.56. The third-order valence-electron chi connectivity index (χ3n) is 7.61. The first-order valence-corrected chi connectivity index (χ1v) is 15.7. The number of hydrogen-bond acceptors (Lipinski definition) is 7. The van der Waals surface area contributed by atoms with Crippen molar-refractivity contribution in [2.45, 2.75) is 78.3 Å². The predicted molar refractivity (Wildman–Crippen MR) is 165 cm³/mol. The number of fused-ring (bicyclic) bond motifs is 1. The molecule has 1 aliphatic heterocycles. The summed E-state index contributed by atoms with van der Waals surface area (Å²) in [5.74, 6) is -0.143. The van der Waals surface area contributed by atoms with Crippen molar-refractivity contribution in [3.8, 4) is 0 Å². The lowest BCUT2D eigenvalue weighted by Gasteiger charge is -2.29. The van der Waals surface area contributed by atoms with Crippen molar-refractivity contribution in [3.05, 3.63) is 40.9 Å². The van der Waals surface area contributed by atoms with Crippen molar-refractivity contribution in [2.24, 2.45) is 5.92 Å². The first-order valence-electron chi connectivity index (χ1n) is 14.9. The van der Waals surface area contributed by atoms with Crippen LogP contribution in [0.4, 0.5) is 0 Å². The Morgan fingerprint density at radius 2 is 1.85 bits per heavy atom. The van der Waals surface area contributed by atoms with Crippen LogP contribution in [0.5, 0.6) is 0 Å². The molecule has 0 bridgehead atoms. The van der Waals surface area contributed by atoms with Crippen molar-refractivity contribution in [1.29, 1.82) is 0 Å². The van der Waals surface area contributed by atoms with Gasteiger partial charge in [-0.1, -0.05) is 53.7 Å². The first-order chi connectivity index (χ1) is 19.6. The highest BCUT2D eigenvalue weighted by molar-refractivity contribution is 7.18. The molecule has 3 N–H and O–H groups in total. The topological polar surface area (TPSA) is 113 Å². The number of rotatable bonds is 15. The smallest absolute Gasteiger partial charge is 0.247 e. The molecule has 1 aliphatic rings. The lowest BCUT2D eigenvalue weighted by Crippen LogP contribution is -2.54. The second-order valence-corrected chi connectivity index (χ2v) is 12.4. The van der Waals surface area contributed by atoms with Crippen molar-refractivity contribution in [2.75, 3.05) is 39.4 Å². The zero-order chi connectivity index (χ0) is 29.9. The maximum atomic E-state index is 13.6. The second kappa shape index (κ2) is 16.0. The average molecular weight is 586 g/mol. The van der Waals surface area contributed by atoms with Crippen LogP contribution in [0.2, 0.25) is 0 Å². The molecule has 1 aromatic carbocycles. The van der Waals surface area contributed by atoms with Crippen LogP contribution in [0.3, 0.4) is 0 Å². The number of hydrogen-bond donors (Lipinski definition) is 3. The molecule has 0 radical (unpaired) electrons. The highest BCUT2D eigenvalue weighted by Crippen LogP contribution is 2.27. The number of amides is 3. The summed E-state index contributed by atoms with van der Waals surface area (Å²) in [7, 11) is 0. The molecule has 1 saturated heterocycles. The van der Waals surface area contributed by atoms with Gasteiger partial charge in [-0.3, -0.25) is 19.3 Å². The Morgan fingerprint density at radius 1 is 1.12 bits per heavy atom. The Balaban J connectivity index is 1.69. The fourth-order valence-corrected chi connectivity index (χ4v) is 5.76. The molecule has 0 spiro atoms. The summed E-state index contributed by atoms with van der Waals surface area (Å²) in [6.07, 6.45) is 2.15. The Morgan fingerprint density at radius 3 is 2.51 bits per heavy atom. The maximum absolute atomic E-state index is 13.6. The first kappa shape index (κ1) is 32.7. The summed E-state index contributed by atoms with van der Waals surface area (Å²) in [5, 5.41) is 9.81. The molecular weight excluding hydrogens is 538 g/mol. The van der Waals surface area contributed by atoms with Crippen LogP contribution in [-0.2, 0) is 25.5 Å². The molecule has 3 amide bonds. The second-order valence-electron chi connectivity index (χ2n) is 11.3. The molecule has 0 aliphatic carbocycles. The third-order valence-corrected chi connectivity index (χ3v) is 8.65. The molecule has 10 heteroatoms. The van der Waals surface area contributed by atoms with Gasteiger partial charge in [0, 0.05) is 50.6 Å². The monoisotopic (exact) mass is 585 g/mol. The van der Waals surface area contributed by atoms with Gasteiger partial charge < -0.3 is 20.7 Å². The van der Waals surface area contributed by atoms with Gasteiger partial charge in [-0.2, -0.15) is 0 Å². The van der Waals surface area contributed by atoms with Gasteiger partial charge in [0.05, 0.1) is 28.4 Å². The SMILES string of the molecule is C=C(CN1CCOCC1)C(=O)NC[C@@H](NC(=O)[C@H](Cc1nc2ccc(C(C)C)cc2s1)NC(=O)CCC)[C@@H](C)CC. The highest BCUT2D eigenvalue weighted by atomic mass is 32.1. The number of thiazole rings is 1. The molecule has 9 nitrogen and oxygen atoms in total. The van der Waals surface area contributed by atoms with E-state index in [4.69, 9.17) is 9.72 Å². The molecule has 1 aromatic heterocycles. The minimum absolute atomic E-state index is 0.107. The quantitative estimate of drug-likeness (QED) is 0.274. The number of nitrogens with zero attached hydrogens (tertiary/aromatic N) is 2. The van der Waals surface area contributed by atoms with Crippen molar-refractivity contribution in [3.63, 3.8) is 0 Å². The third kappa shape index (κ3) is 9.90. The van der Waals surface area contributed by atoms with Gasteiger partial charge >= 0.3 is 0 Å². The number of aromatic nitrogens is 1. The van der Waals surface area contributed by atoms with Crippen LogP contribution >= 0.6 is 11.3 Å². The van der Waals surface area contributed by atoms with Crippen molar-refractivity contribution in [1.82, 2.24) is 25.8 Å². The molecule has 1 fully saturated rings. The van der Waals surface area contributed by atoms with E-state index in [1.165, 1.54) is 5.56 Å². The summed E-state index contributed by atoms with van der Waals surface area (Å²) in [5.41, 5.74) is 2.62. The number of nitrogens with one attached hydrogen (secondary N) is 3. The van der Waals surface area contributed by atoms with Gasteiger partial charge in [-0.15, -0.1) is 11.3 Å². The predicted octanol–water partition coefficient (Wildman–Crippen LogP) is 3.78. The van der Waals surface area contributed by atoms with Crippen LogP contribution < -0.4 is 16.0 Å². The number of carbonyl (C=O) groups is 3. The molecule has 41 heavy (non-hydrogen) atoms. The minimum atomic E-state index is -0.766. The van der Waals surface area contributed by atoms with Gasteiger partial charge in [-0.05, 0) is 36.0 Å². The van der Waals surface area contributed by atoms with E-state index >= 15 is 0 Å². The van der Waals surface area contributed by atoms with Gasteiger partial charge in [0.2, 0.25) is 17.7 Å². The zero-order valence-corrected chi connectivity index (χ0v) is 26.1. The Labute approximate surface area is 248 Å². The fraction of sp³-hybridized carbons (Fsp3) is 0.613. The van der Waals surface area contributed by atoms with E-state index in [2.05, 4.69) is 60.3 Å². The summed E-state index contributed by atoms with van der Waals surface area (Å²) < 4.78 is 6.45. The van der Waals surface area contributed by atoms with Gasteiger partial charge in [-0.25, -0.2) is 4.98 Å². The largest absolute Gasteiger partial charge is 0.379 e. The van der Waals surface area contributed by atoms with E-state index in [-0.39, 0.29) is 36.2 Å². The molecular formula is C31H47N5O4S. The number of carbonyl (C=O) groups excluding carboxylic acids is 3. The van der Waals surface area contributed by atoms with E-state index in [9.17, 15) is 14.4 Å². The van der Waals surface area contributed by atoms with Crippen molar-refractivity contribution < 1.29 is 19.1 Å². The number of morpholine rings is 1.